The van der Waals surface area contributed by atoms with E-state index in [1.54, 1.807) is 19.2 Å². The molecule has 31 heavy (non-hydrogen) atoms. The van der Waals surface area contributed by atoms with E-state index in [0.29, 0.717) is 24.0 Å². The molecule has 0 saturated carbocycles. The summed E-state index contributed by atoms with van der Waals surface area (Å²) in [6, 6.07) is 15.6. The summed E-state index contributed by atoms with van der Waals surface area (Å²) in [7, 11) is 1.68. The van der Waals surface area contributed by atoms with Crippen LogP contribution in [0.2, 0.25) is 0 Å². The smallest absolute Gasteiger partial charge is 0.422 e. The molecule has 1 saturated heterocycles. The number of hydrogen-bond donors (Lipinski definition) is 2. The van der Waals surface area contributed by atoms with Crippen molar-refractivity contribution in [1.82, 2.24) is 10.6 Å². The van der Waals surface area contributed by atoms with E-state index in [0.717, 1.165) is 31.6 Å². The van der Waals surface area contributed by atoms with Gasteiger partial charge in [0.05, 0.1) is 0 Å². The third kappa shape index (κ3) is 7.08. The summed E-state index contributed by atoms with van der Waals surface area (Å²) in [5.41, 5.74) is 2.72. The Morgan fingerprint density at radius 1 is 1.16 bits per heavy atom. The molecule has 0 aromatic heterocycles. The molecule has 3 rings (SSSR count). The van der Waals surface area contributed by atoms with Gasteiger partial charge in [-0.2, -0.15) is 13.2 Å². The Hall–Kier alpha value is -2.90. The van der Waals surface area contributed by atoms with Gasteiger partial charge in [0.2, 0.25) is 0 Å². The minimum atomic E-state index is -4.37. The van der Waals surface area contributed by atoms with Crippen molar-refractivity contribution in [3.05, 3.63) is 59.7 Å². The molecule has 168 valence electrons. The van der Waals surface area contributed by atoms with Crippen molar-refractivity contribution >= 4 is 11.6 Å². The summed E-state index contributed by atoms with van der Waals surface area (Å²) in [6.07, 6.45) is -3.28. The number of benzene rings is 2. The normalized spacial score (nSPS) is 17.0. The Labute approximate surface area is 181 Å². The quantitative estimate of drug-likeness (QED) is 0.508. The lowest BCUT2D eigenvalue weighted by Crippen LogP contribution is -2.40. The summed E-state index contributed by atoms with van der Waals surface area (Å²) in [4.78, 5) is 6.61. The van der Waals surface area contributed by atoms with Crippen molar-refractivity contribution < 1.29 is 17.9 Å². The van der Waals surface area contributed by atoms with Crippen LogP contribution < -0.4 is 20.3 Å². The number of hydrogen-bond acceptors (Lipinski definition) is 3. The molecule has 5 nitrogen and oxygen atoms in total. The van der Waals surface area contributed by atoms with Gasteiger partial charge >= 0.3 is 6.18 Å². The van der Waals surface area contributed by atoms with Crippen molar-refractivity contribution in [2.24, 2.45) is 10.9 Å². The van der Waals surface area contributed by atoms with E-state index < -0.39 is 12.8 Å². The molecule has 1 aliphatic rings. The van der Waals surface area contributed by atoms with Crippen LogP contribution in [0.3, 0.4) is 0 Å². The van der Waals surface area contributed by atoms with Gasteiger partial charge < -0.3 is 20.3 Å². The lowest BCUT2D eigenvalue weighted by molar-refractivity contribution is -0.153. The highest BCUT2D eigenvalue weighted by molar-refractivity contribution is 5.79. The van der Waals surface area contributed by atoms with Gasteiger partial charge in [0.25, 0.3) is 0 Å². The topological polar surface area (TPSA) is 48.9 Å². The van der Waals surface area contributed by atoms with Crippen molar-refractivity contribution in [3.8, 4) is 5.75 Å². The maximum Gasteiger partial charge on any atom is 0.422 e. The Morgan fingerprint density at radius 2 is 1.94 bits per heavy atom. The molecular weight excluding hydrogens is 405 g/mol. The minimum Gasteiger partial charge on any atom is -0.484 e. The van der Waals surface area contributed by atoms with Crippen molar-refractivity contribution in [1.29, 1.82) is 0 Å². The van der Waals surface area contributed by atoms with Crippen molar-refractivity contribution in [2.45, 2.75) is 26.1 Å². The number of nitrogens with one attached hydrogen (secondary N) is 2. The van der Waals surface area contributed by atoms with E-state index in [2.05, 4.69) is 32.7 Å². The Morgan fingerprint density at radius 3 is 2.65 bits per heavy atom. The third-order valence-corrected chi connectivity index (χ3v) is 5.25. The Balaban J connectivity index is 1.50. The monoisotopic (exact) mass is 434 g/mol. The van der Waals surface area contributed by atoms with Gasteiger partial charge in [-0.3, -0.25) is 4.99 Å². The van der Waals surface area contributed by atoms with Crippen LogP contribution in [0.4, 0.5) is 18.9 Å². The number of para-hydroxylation sites is 1. The second-order valence-electron chi connectivity index (χ2n) is 7.76. The molecule has 1 atom stereocenters. The first kappa shape index (κ1) is 22.8. The third-order valence-electron chi connectivity index (χ3n) is 5.25. The van der Waals surface area contributed by atoms with E-state index in [-0.39, 0.29) is 5.75 Å². The summed E-state index contributed by atoms with van der Waals surface area (Å²) in [6.45, 7) is 3.59. The zero-order chi connectivity index (χ0) is 22.3. The number of aliphatic imine (C=N–C) groups is 1. The highest BCUT2D eigenvalue weighted by Gasteiger charge is 2.29. The fourth-order valence-corrected chi connectivity index (χ4v) is 3.61. The number of ether oxygens (including phenoxy) is 1. The predicted octanol–water partition coefficient (Wildman–Crippen LogP) is 4.13. The number of alkyl halides is 3. The van der Waals surface area contributed by atoms with E-state index in [1.807, 2.05) is 31.2 Å². The predicted molar refractivity (Wildman–Crippen MR) is 118 cm³/mol. The zero-order valence-corrected chi connectivity index (χ0v) is 17.9. The molecule has 1 aliphatic heterocycles. The summed E-state index contributed by atoms with van der Waals surface area (Å²) in [5.74, 6) is 1.33. The minimum absolute atomic E-state index is 0.231. The summed E-state index contributed by atoms with van der Waals surface area (Å²) >= 11 is 0. The molecule has 0 bridgehead atoms. The molecule has 1 heterocycles. The second kappa shape index (κ2) is 10.4. The maximum atomic E-state index is 12.6. The van der Waals surface area contributed by atoms with E-state index in [4.69, 9.17) is 4.74 Å². The summed E-state index contributed by atoms with van der Waals surface area (Å²) in [5, 5.41) is 6.51. The number of halogens is 3. The van der Waals surface area contributed by atoms with Gasteiger partial charge in [-0.1, -0.05) is 30.3 Å². The number of anilines is 1. The molecule has 2 aromatic rings. The number of guanidine groups is 1. The van der Waals surface area contributed by atoms with E-state index >= 15 is 0 Å². The number of aryl methyl sites for hydroxylation is 1. The lowest BCUT2D eigenvalue weighted by atomic mass is 10.1. The van der Waals surface area contributed by atoms with Gasteiger partial charge in [-0.05, 0) is 43.0 Å². The molecule has 0 aliphatic carbocycles. The molecule has 2 aromatic carbocycles. The van der Waals surface area contributed by atoms with Crippen LogP contribution >= 0.6 is 0 Å². The first-order valence-electron chi connectivity index (χ1n) is 10.4. The van der Waals surface area contributed by atoms with Crippen LogP contribution in [-0.2, 0) is 6.54 Å². The van der Waals surface area contributed by atoms with Crippen LogP contribution in [0, 0.1) is 12.8 Å². The first-order valence-corrected chi connectivity index (χ1v) is 10.4. The maximum absolute atomic E-state index is 12.6. The fraction of sp³-hybridized carbons (Fsp3) is 0.435. The standard InChI is InChI=1S/C23H29F3N4O/c1-17-8-9-19(21(12-17)31-16-23(24,25)26)14-29-22(27-2)28-13-18-10-11-30(15-18)20-6-4-3-5-7-20/h3-9,12,18H,10-11,13-16H2,1-2H3,(H2,27,28,29). The van der Waals surface area contributed by atoms with Crippen molar-refractivity contribution in [2.75, 3.05) is 38.2 Å². The lowest BCUT2D eigenvalue weighted by Gasteiger charge is -2.20. The van der Waals surface area contributed by atoms with Crippen LogP contribution in [0.15, 0.2) is 53.5 Å². The van der Waals surface area contributed by atoms with Gasteiger partial charge in [0, 0.05) is 44.5 Å². The number of rotatable bonds is 7. The molecule has 0 amide bonds. The molecule has 8 heteroatoms. The fourth-order valence-electron chi connectivity index (χ4n) is 3.61. The Bertz CT molecular complexity index is 871. The van der Waals surface area contributed by atoms with Gasteiger partial charge in [0.15, 0.2) is 12.6 Å². The van der Waals surface area contributed by atoms with E-state index in [1.165, 1.54) is 5.69 Å². The van der Waals surface area contributed by atoms with Crippen molar-refractivity contribution in [3.63, 3.8) is 0 Å². The average molecular weight is 435 g/mol. The molecule has 1 unspecified atom stereocenters. The zero-order valence-electron chi connectivity index (χ0n) is 17.9. The molecular formula is C23H29F3N4O. The average Bonchev–Trinajstić information content (AvgIpc) is 3.22. The van der Waals surface area contributed by atoms with Crippen LogP contribution in [0.25, 0.3) is 0 Å². The highest BCUT2D eigenvalue weighted by atomic mass is 19.4. The van der Waals surface area contributed by atoms with Crippen LogP contribution in [0.1, 0.15) is 17.5 Å². The first-order chi connectivity index (χ1) is 14.8. The van der Waals surface area contributed by atoms with E-state index in [9.17, 15) is 13.2 Å². The number of nitrogens with zero attached hydrogens (tertiary/aromatic N) is 2. The molecule has 1 fully saturated rings. The largest absolute Gasteiger partial charge is 0.484 e. The molecule has 0 radical (unpaired) electrons. The summed E-state index contributed by atoms with van der Waals surface area (Å²) < 4.78 is 42.7. The SMILES string of the molecule is CN=C(NCc1ccc(C)cc1OCC(F)(F)F)NCC1CCN(c2ccccc2)C1. The van der Waals surface area contributed by atoms with Crippen LogP contribution in [0.5, 0.6) is 5.75 Å². The second-order valence-corrected chi connectivity index (χ2v) is 7.76. The molecule has 0 spiro atoms. The van der Waals surface area contributed by atoms with Gasteiger partial charge in [0.1, 0.15) is 5.75 Å². The van der Waals surface area contributed by atoms with Gasteiger partial charge in [-0.15, -0.1) is 0 Å². The van der Waals surface area contributed by atoms with Gasteiger partial charge in [-0.25, -0.2) is 0 Å². The Kier molecular flexibility index (Phi) is 7.65. The highest BCUT2D eigenvalue weighted by Crippen LogP contribution is 2.24. The molecule has 2 N–H and O–H groups in total. The van der Waals surface area contributed by atoms with Crippen LogP contribution in [-0.4, -0.2) is 45.4 Å².